The van der Waals surface area contributed by atoms with Gasteiger partial charge in [0.25, 0.3) is 0 Å². The Morgan fingerprint density at radius 1 is 1.42 bits per heavy atom. The average Bonchev–Trinajstić information content (AvgIpc) is 2.81. The molecule has 2 rings (SSSR count). The number of aromatic nitrogens is 1. The van der Waals surface area contributed by atoms with Crippen LogP contribution >= 0.6 is 11.3 Å². The van der Waals surface area contributed by atoms with E-state index in [1.165, 1.54) is 17.4 Å². The lowest BCUT2D eigenvalue weighted by atomic mass is 10.1. The Hall–Kier alpha value is -1.75. The third-order valence-corrected chi connectivity index (χ3v) is 3.65. The van der Waals surface area contributed by atoms with Crippen LogP contribution in [0.1, 0.15) is 22.7 Å². The van der Waals surface area contributed by atoms with Gasteiger partial charge >= 0.3 is 0 Å². The number of halogens is 1. The molecule has 100 valence electrons. The molecule has 0 radical (unpaired) electrons. The van der Waals surface area contributed by atoms with Gasteiger partial charge in [-0.15, -0.1) is 11.3 Å². The molecule has 0 bridgehead atoms. The van der Waals surface area contributed by atoms with Gasteiger partial charge in [-0.05, 0) is 25.0 Å². The summed E-state index contributed by atoms with van der Waals surface area (Å²) in [4.78, 5) is 15.9. The molecule has 0 fully saturated rings. The molecule has 1 aromatic carbocycles. The van der Waals surface area contributed by atoms with Crippen molar-refractivity contribution in [3.63, 3.8) is 0 Å². The van der Waals surface area contributed by atoms with E-state index >= 15 is 0 Å². The normalized spacial score (nSPS) is 10.4. The fourth-order valence-electron chi connectivity index (χ4n) is 1.70. The fourth-order valence-corrected chi connectivity index (χ4v) is 2.41. The number of carbonyl (C=O) groups is 1. The minimum atomic E-state index is -0.258. The summed E-state index contributed by atoms with van der Waals surface area (Å²) in [6.07, 6.45) is 0.695. The third kappa shape index (κ3) is 4.13. The molecule has 0 saturated heterocycles. The van der Waals surface area contributed by atoms with Gasteiger partial charge in [0.2, 0.25) is 5.91 Å². The van der Waals surface area contributed by atoms with Crippen molar-refractivity contribution < 1.29 is 9.18 Å². The minimum Gasteiger partial charge on any atom is -0.350 e. The minimum absolute atomic E-state index is 0.0869. The van der Waals surface area contributed by atoms with Gasteiger partial charge in [-0.25, -0.2) is 9.37 Å². The summed E-state index contributed by atoms with van der Waals surface area (Å²) in [7, 11) is 0. The molecule has 0 aliphatic carbocycles. The molecule has 2 aromatic rings. The molecule has 0 saturated carbocycles. The standard InChI is InChI=1S/C14H15FN2OS/c1-10-9-19-14(17-10)8-16-13(18)7-6-11-4-2-3-5-12(11)15/h2-5,9H,6-8H2,1H3,(H,16,18). The molecule has 19 heavy (non-hydrogen) atoms. The van der Waals surface area contributed by atoms with E-state index < -0.39 is 0 Å². The first-order valence-electron chi connectivity index (χ1n) is 6.06. The smallest absolute Gasteiger partial charge is 0.220 e. The molecule has 1 amide bonds. The third-order valence-electron chi connectivity index (χ3n) is 2.68. The quantitative estimate of drug-likeness (QED) is 0.913. The second-order valence-corrected chi connectivity index (χ2v) is 5.19. The van der Waals surface area contributed by atoms with Crippen molar-refractivity contribution in [3.05, 3.63) is 51.7 Å². The summed E-state index contributed by atoms with van der Waals surface area (Å²) < 4.78 is 13.4. The molecule has 0 aliphatic rings. The molecule has 3 nitrogen and oxygen atoms in total. The van der Waals surface area contributed by atoms with Crippen molar-refractivity contribution in [1.29, 1.82) is 0 Å². The highest BCUT2D eigenvalue weighted by atomic mass is 32.1. The zero-order valence-corrected chi connectivity index (χ0v) is 11.5. The van der Waals surface area contributed by atoms with Crippen LogP contribution in [0.3, 0.4) is 0 Å². The number of hydrogen-bond donors (Lipinski definition) is 1. The number of carbonyl (C=O) groups excluding carboxylic acids is 1. The molecule has 1 aromatic heterocycles. The molecule has 0 aliphatic heterocycles. The van der Waals surface area contributed by atoms with Gasteiger partial charge in [-0.3, -0.25) is 4.79 Å². The maximum absolute atomic E-state index is 13.4. The number of thiazole rings is 1. The highest BCUT2D eigenvalue weighted by Gasteiger charge is 2.06. The summed E-state index contributed by atoms with van der Waals surface area (Å²) in [5, 5.41) is 5.62. The monoisotopic (exact) mass is 278 g/mol. The Bertz CT molecular complexity index is 568. The zero-order valence-electron chi connectivity index (χ0n) is 10.6. The van der Waals surface area contributed by atoms with Gasteiger partial charge in [-0.1, -0.05) is 18.2 Å². The predicted molar refractivity (Wildman–Crippen MR) is 73.4 cm³/mol. The van der Waals surface area contributed by atoms with Crippen LogP contribution in [0, 0.1) is 12.7 Å². The van der Waals surface area contributed by atoms with Crippen LogP contribution in [-0.2, 0) is 17.8 Å². The average molecular weight is 278 g/mol. The summed E-state index contributed by atoms with van der Waals surface area (Å²) in [5.74, 6) is -0.345. The second kappa shape index (κ2) is 6.43. The fraction of sp³-hybridized carbons (Fsp3) is 0.286. The van der Waals surface area contributed by atoms with Crippen molar-refractivity contribution in [2.24, 2.45) is 0 Å². The topological polar surface area (TPSA) is 42.0 Å². The Labute approximate surface area is 115 Å². The van der Waals surface area contributed by atoms with Crippen molar-refractivity contribution in [3.8, 4) is 0 Å². The van der Waals surface area contributed by atoms with Gasteiger partial charge in [0.1, 0.15) is 10.8 Å². The number of benzene rings is 1. The first-order chi connectivity index (χ1) is 9.15. The molecule has 0 unspecified atom stereocenters. The van der Waals surface area contributed by atoms with Gasteiger partial charge in [0.15, 0.2) is 0 Å². The highest BCUT2D eigenvalue weighted by molar-refractivity contribution is 7.09. The molecule has 5 heteroatoms. The lowest BCUT2D eigenvalue weighted by Gasteiger charge is -2.04. The van der Waals surface area contributed by atoms with Gasteiger partial charge < -0.3 is 5.32 Å². The Kier molecular flexibility index (Phi) is 4.63. The summed E-state index contributed by atoms with van der Waals surface area (Å²) in [6, 6.07) is 6.52. The first kappa shape index (κ1) is 13.7. The van der Waals surface area contributed by atoms with Crippen molar-refractivity contribution >= 4 is 17.2 Å². The van der Waals surface area contributed by atoms with Gasteiger partial charge in [0, 0.05) is 17.5 Å². The Morgan fingerprint density at radius 2 is 2.21 bits per heavy atom. The van der Waals surface area contributed by atoms with Crippen LogP contribution < -0.4 is 5.32 Å². The van der Waals surface area contributed by atoms with Gasteiger partial charge in [-0.2, -0.15) is 0 Å². The van der Waals surface area contributed by atoms with Crippen LogP contribution in [0.2, 0.25) is 0 Å². The molecular formula is C14H15FN2OS. The number of hydrogen-bond acceptors (Lipinski definition) is 3. The van der Waals surface area contributed by atoms with Crippen LogP contribution in [0.4, 0.5) is 4.39 Å². The van der Waals surface area contributed by atoms with Crippen molar-refractivity contribution in [2.75, 3.05) is 0 Å². The van der Waals surface area contributed by atoms with E-state index in [0.717, 1.165) is 10.7 Å². The number of amides is 1. The van der Waals surface area contributed by atoms with E-state index in [1.807, 2.05) is 12.3 Å². The second-order valence-electron chi connectivity index (χ2n) is 4.25. The molecule has 1 N–H and O–H groups in total. The zero-order chi connectivity index (χ0) is 13.7. The van der Waals surface area contributed by atoms with Gasteiger partial charge in [0.05, 0.1) is 6.54 Å². The lowest BCUT2D eigenvalue weighted by molar-refractivity contribution is -0.121. The molecule has 0 atom stereocenters. The Morgan fingerprint density at radius 3 is 2.89 bits per heavy atom. The maximum Gasteiger partial charge on any atom is 0.220 e. The molecule has 0 spiro atoms. The predicted octanol–water partition coefficient (Wildman–Crippen LogP) is 2.84. The summed E-state index contributed by atoms with van der Waals surface area (Å²) in [6.45, 7) is 2.36. The number of rotatable bonds is 5. The summed E-state index contributed by atoms with van der Waals surface area (Å²) in [5.41, 5.74) is 1.53. The van der Waals surface area contributed by atoms with Crippen LogP contribution in [-0.4, -0.2) is 10.9 Å². The molecule has 1 heterocycles. The van der Waals surface area contributed by atoms with Crippen LogP contribution in [0.5, 0.6) is 0 Å². The molecular weight excluding hydrogens is 263 g/mol. The summed E-state index contributed by atoms with van der Waals surface area (Å²) >= 11 is 1.52. The number of nitrogens with one attached hydrogen (secondary N) is 1. The van der Waals surface area contributed by atoms with Crippen LogP contribution in [0.15, 0.2) is 29.6 Å². The van der Waals surface area contributed by atoms with E-state index in [1.54, 1.807) is 18.2 Å². The van der Waals surface area contributed by atoms with Crippen molar-refractivity contribution in [2.45, 2.75) is 26.3 Å². The van der Waals surface area contributed by atoms with E-state index in [-0.39, 0.29) is 18.1 Å². The highest BCUT2D eigenvalue weighted by Crippen LogP contribution is 2.10. The first-order valence-corrected chi connectivity index (χ1v) is 6.94. The lowest BCUT2D eigenvalue weighted by Crippen LogP contribution is -2.23. The van der Waals surface area contributed by atoms with Crippen LogP contribution in [0.25, 0.3) is 0 Å². The van der Waals surface area contributed by atoms with Crippen molar-refractivity contribution in [1.82, 2.24) is 10.3 Å². The SMILES string of the molecule is Cc1csc(CNC(=O)CCc2ccccc2F)n1. The number of aryl methyl sites for hydroxylation is 2. The maximum atomic E-state index is 13.4. The Balaban J connectivity index is 1.77. The largest absolute Gasteiger partial charge is 0.350 e. The number of nitrogens with zero attached hydrogens (tertiary/aromatic N) is 1. The van der Waals surface area contributed by atoms with E-state index in [4.69, 9.17) is 0 Å². The van der Waals surface area contributed by atoms with E-state index in [2.05, 4.69) is 10.3 Å². The van der Waals surface area contributed by atoms with E-state index in [0.29, 0.717) is 18.5 Å². The van der Waals surface area contributed by atoms with E-state index in [9.17, 15) is 9.18 Å².